The maximum absolute atomic E-state index is 11.5. The highest BCUT2D eigenvalue weighted by Gasteiger charge is 2.31. The smallest absolute Gasteiger partial charge is 0.351 e. The Bertz CT molecular complexity index is 418. The average molecular weight is 275 g/mol. The second-order valence-corrected chi connectivity index (χ2v) is 5.37. The topological polar surface area (TPSA) is 42.4 Å². The monoisotopic (exact) mass is 274 g/mol. The summed E-state index contributed by atoms with van der Waals surface area (Å²) in [6.45, 7) is 3.08. The van der Waals surface area contributed by atoms with Crippen molar-refractivity contribution >= 4 is 34.0 Å². The summed E-state index contributed by atoms with van der Waals surface area (Å²) in [5.74, 6) is -0.411. The zero-order valence-corrected chi connectivity index (χ0v) is 11.5. The number of aromatic nitrogens is 1. The van der Waals surface area contributed by atoms with Gasteiger partial charge in [-0.05, 0) is 19.3 Å². The maximum Gasteiger partial charge on any atom is 0.351 e. The molecule has 1 aliphatic rings. The third-order valence-electron chi connectivity index (χ3n) is 2.64. The minimum absolute atomic E-state index is 0.249. The van der Waals surface area contributed by atoms with Crippen molar-refractivity contribution in [1.29, 1.82) is 0 Å². The molecule has 4 nitrogen and oxygen atoms in total. The molecule has 1 heterocycles. The fourth-order valence-corrected chi connectivity index (χ4v) is 2.99. The number of carbonyl (C=O) groups excluding carboxylic acids is 1. The lowest BCUT2D eigenvalue weighted by Crippen LogP contribution is -2.26. The minimum atomic E-state index is -0.411. The number of rotatable bonds is 5. The molecule has 0 amide bonds. The predicted molar refractivity (Wildman–Crippen MR) is 69.1 cm³/mol. The summed E-state index contributed by atoms with van der Waals surface area (Å²) in [6, 6.07) is 0.572. The second-order valence-electron chi connectivity index (χ2n) is 4.03. The van der Waals surface area contributed by atoms with E-state index in [2.05, 4.69) is 21.5 Å². The number of carbonyl (C=O) groups is 1. The zero-order valence-electron chi connectivity index (χ0n) is 9.90. The molecule has 1 aliphatic carbocycles. The summed E-state index contributed by atoms with van der Waals surface area (Å²) in [5.41, 5.74) is 0. The van der Waals surface area contributed by atoms with Gasteiger partial charge in [0, 0.05) is 12.6 Å². The number of nitrogens with zero attached hydrogens (tertiary/aromatic N) is 2. The number of halogens is 1. The van der Waals surface area contributed by atoms with Gasteiger partial charge in [0.15, 0.2) is 15.2 Å². The van der Waals surface area contributed by atoms with Crippen molar-refractivity contribution in [3.05, 3.63) is 10.0 Å². The Labute approximate surface area is 110 Å². The SMILES string of the molecule is CCCN(c1nc(Cl)c(C(=O)OC)s1)C1CC1. The van der Waals surface area contributed by atoms with Gasteiger partial charge in [-0.2, -0.15) is 0 Å². The molecule has 0 aromatic carbocycles. The van der Waals surface area contributed by atoms with Crippen molar-refractivity contribution in [2.75, 3.05) is 18.6 Å². The number of hydrogen-bond acceptors (Lipinski definition) is 5. The average Bonchev–Trinajstić information content (AvgIpc) is 3.08. The van der Waals surface area contributed by atoms with Crippen LogP contribution in [0, 0.1) is 0 Å². The van der Waals surface area contributed by atoms with Crippen LogP contribution in [0.15, 0.2) is 0 Å². The van der Waals surface area contributed by atoms with Crippen LogP contribution in [0.3, 0.4) is 0 Å². The Balaban J connectivity index is 2.22. The Morgan fingerprint density at radius 2 is 2.35 bits per heavy atom. The first-order valence-electron chi connectivity index (χ1n) is 5.68. The van der Waals surface area contributed by atoms with Gasteiger partial charge < -0.3 is 9.64 Å². The first-order chi connectivity index (χ1) is 8.17. The summed E-state index contributed by atoms with van der Waals surface area (Å²) in [5, 5.41) is 1.08. The van der Waals surface area contributed by atoms with E-state index in [1.54, 1.807) is 0 Å². The lowest BCUT2D eigenvalue weighted by Gasteiger charge is -2.20. The van der Waals surface area contributed by atoms with E-state index < -0.39 is 5.97 Å². The van der Waals surface area contributed by atoms with Crippen molar-refractivity contribution in [1.82, 2.24) is 4.98 Å². The molecule has 1 aromatic rings. The Morgan fingerprint density at radius 1 is 1.65 bits per heavy atom. The third-order valence-corrected chi connectivity index (χ3v) is 4.10. The molecule has 0 aliphatic heterocycles. The van der Waals surface area contributed by atoms with Crippen LogP contribution < -0.4 is 4.90 Å². The largest absolute Gasteiger partial charge is 0.465 e. The van der Waals surface area contributed by atoms with Gasteiger partial charge in [-0.3, -0.25) is 0 Å². The summed E-state index contributed by atoms with van der Waals surface area (Å²) >= 11 is 7.28. The van der Waals surface area contributed by atoms with Crippen LogP contribution in [-0.2, 0) is 4.74 Å². The van der Waals surface area contributed by atoms with E-state index in [1.165, 1.54) is 31.3 Å². The van der Waals surface area contributed by atoms with Crippen LogP contribution in [0.4, 0.5) is 5.13 Å². The minimum Gasteiger partial charge on any atom is -0.465 e. The van der Waals surface area contributed by atoms with Gasteiger partial charge in [-0.25, -0.2) is 9.78 Å². The summed E-state index contributed by atoms with van der Waals surface area (Å²) in [6.07, 6.45) is 3.46. The number of ether oxygens (including phenoxy) is 1. The van der Waals surface area contributed by atoms with Crippen molar-refractivity contribution in [3.8, 4) is 0 Å². The summed E-state index contributed by atoms with van der Waals surface area (Å²) in [4.78, 5) is 18.4. The van der Waals surface area contributed by atoms with Crippen LogP contribution in [0.25, 0.3) is 0 Å². The van der Waals surface area contributed by atoms with E-state index in [9.17, 15) is 4.79 Å². The molecule has 17 heavy (non-hydrogen) atoms. The van der Waals surface area contributed by atoms with Gasteiger partial charge in [0.05, 0.1) is 7.11 Å². The number of methoxy groups -OCH3 is 1. The molecule has 0 bridgehead atoms. The van der Waals surface area contributed by atoms with E-state index in [4.69, 9.17) is 11.6 Å². The molecule has 0 N–H and O–H groups in total. The van der Waals surface area contributed by atoms with Crippen LogP contribution in [0.1, 0.15) is 35.9 Å². The molecule has 0 unspecified atom stereocenters. The van der Waals surface area contributed by atoms with E-state index >= 15 is 0 Å². The standard InChI is InChI=1S/C11H15ClN2O2S/c1-3-6-14(7-4-5-7)11-13-9(12)8(17-11)10(15)16-2/h7H,3-6H2,1-2H3. The number of esters is 1. The van der Waals surface area contributed by atoms with E-state index in [-0.39, 0.29) is 5.15 Å². The van der Waals surface area contributed by atoms with Crippen LogP contribution >= 0.6 is 22.9 Å². The molecule has 0 spiro atoms. The lowest BCUT2D eigenvalue weighted by atomic mass is 10.4. The van der Waals surface area contributed by atoms with Gasteiger partial charge in [0.1, 0.15) is 0 Å². The zero-order chi connectivity index (χ0) is 12.4. The van der Waals surface area contributed by atoms with Gasteiger partial charge in [0.2, 0.25) is 0 Å². The molecule has 1 fully saturated rings. The second kappa shape index (κ2) is 5.23. The molecule has 0 radical (unpaired) electrons. The molecule has 6 heteroatoms. The highest BCUT2D eigenvalue weighted by atomic mass is 35.5. The molecular weight excluding hydrogens is 260 g/mol. The molecular formula is C11H15ClN2O2S. The van der Waals surface area contributed by atoms with Gasteiger partial charge in [0.25, 0.3) is 0 Å². The van der Waals surface area contributed by atoms with Crippen LogP contribution in [0.5, 0.6) is 0 Å². The predicted octanol–water partition coefficient (Wildman–Crippen LogP) is 2.96. The van der Waals surface area contributed by atoms with Gasteiger partial charge in [-0.1, -0.05) is 29.9 Å². The normalized spacial score (nSPS) is 14.8. The fourth-order valence-electron chi connectivity index (χ4n) is 1.69. The highest BCUT2D eigenvalue weighted by molar-refractivity contribution is 7.18. The first-order valence-corrected chi connectivity index (χ1v) is 6.88. The van der Waals surface area contributed by atoms with Crippen molar-refractivity contribution < 1.29 is 9.53 Å². The lowest BCUT2D eigenvalue weighted by molar-refractivity contribution is 0.0606. The molecule has 1 aromatic heterocycles. The number of thiazole rings is 1. The molecule has 94 valence electrons. The molecule has 2 rings (SSSR count). The van der Waals surface area contributed by atoms with Crippen molar-refractivity contribution in [2.45, 2.75) is 32.2 Å². The quantitative estimate of drug-likeness (QED) is 0.774. The van der Waals surface area contributed by atoms with Crippen molar-refractivity contribution in [2.24, 2.45) is 0 Å². The molecule has 0 atom stereocenters. The van der Waals surface area contributed by atoms with E-state index in [0.717, 1.165) is 18.1 Å². The van der Waals surface area contributed by atoms with Crippen LogP contribution in [0.2, 0.25) is 5.15 Å². The van der Waals surface area contributed by atoms with Gasteiger partial charge in [-0.15, -0.1) is 0 Å². The van der Waals surface area contributed by atoms with E-state index in [1.807, 2.05) is 0 Å². The summed E-state index contributed by atoms with van der Waals surface area (Å²) in [7, 11) is 1.35. The van der Waals surface area contributed by atoms with E-state index in [0.29, 0.717) is 10.9 Å². The summed E-state index contributed by atoms with van der Waals surface area (Å²) < 4.78 is 4.67. The highest BCUT2D eigenvalue weighted by Crippen LogP contribution is 2.37. The Morgan fingerprint density at radius 3 is 2.88 bits per heavy atom. The molecule has 0 saturated heterocycles. The third kappa shape index (κ3) is 2.72. The molecule has 1 saturated carbocycles. The van der Waals surface area contributed by atoms with Gasteiger partial charge >= 0.3 is 5.97 Å². The van der Waals surface area contributed by atoms with Crippen LogP contribution in [-0.4, -0.2) is 30.6 Å². The number of hydrogen-bond donors (Lipinski definition) is 0. The Hall–Kier alpha value is -0.810. The fraction of sp³-hybridized carbons (Fsp3) is 0.636. The van der Waals surface area contributed by atoms with Crippen molar-refractivity contribution in [3.63, 3.8) is 0 Å². The number of anilines is 1. The first kappa shape index (κ1) is 12.6. The Kier molecular flexibility index (Phi) is 3.89. The maximum atomic E-state index is 11.5.